The van der Waals surface area contributed by atoms with Gasteiger partial charge in [-0.2, -0.15) is 10.2 Å². The lowest BCUT2D eigenvalue weighted by molar-refractivity contribution is -0.155. The first-order valence-electron chi connectivity index (χ1n) is 12.3. The van der Waals surface area contributed by atoms with Gasteiger partial charge >= 0.3 is 12.1 Å². The van der Waals surface area contributed by atoms with Crippen LogP contribution in [0.1, 0.15) is 59.3 Å². The molecule has 0 bridgehead atoms. The molecule has 0 aromatic heterocycles. The summed E-state index contributed by atoms with van der Waals surface area (Å²) >= 11 is 0. The van der Waals surface area contributed by atoms with Crippen molar-refractivity contribution in [1.82, 2.24) is 10.9 Å². The largest absolute Gasteiger partial charge is 0.393 e. The van der Waals surface area contributed by atoms with E-state index in [4.69, 9.17) is 11.5 Å². The van der Waals surface area contributed by atoms with E-state index >= 15 is 0 Å². The van der Waals surface area contributed by atoms with Crippen LogP contribution in [0.3, 0.4) is 0 Å². The summed E-state index contributed by atoms with van der Waals surface area (Å²) in [4.78, 5) is 22.3. The Kier molecular flexibility index (Phi) is 6.48. The van der Waals surface area contributed by atoms with Gasteiger partial charge in [0.2, 0.25) is 0 Å². The average molecular weight is 491 g/mol. The van der Waals surface area contributed by atoms with E-state index in [-0.39, 0.29) is 34.8 Å². The Hall–Kier alpha value is -2.50. The van der Waals surface area contributed by atoms with Crippen molar-refractivity contribution in [2.24, 2.45) is 56.2 Å². The van der Waals surface area contributed by atoms with Gasteiger partial charge in [0, 0.05) is 5.41 Å². The number of nitrogens with one attached hydrogen (secondary N) is 2. The molecule has 35 heavy (non-hydrogen) atoms. The molecule has 4 amide bonds. The van der Waals surface area contributed by atoms with Crippen LogP contribution in [0.4, 0.5) is 9.59 Å². The molecular weight excluding hydrogens is 452 g/mol. The Morgan fingerprint density at radius 2 is 1.89 bits per heavy atom. The first kappa shape index (κ1) is 25.6. The Labute approximate surface area is 205 Å². The minimum absolute atomic E-state index is 0.0130. The normalized spacial score (nSPS) is 44.1. The van der Waals surface area contributed by atoms with Gasteiger partial charge in [-0.15, -0.1) is 0 Å². The number of hydrogen-bond donors (Lipinski definition) is 7. The number of primary amides is 2. The summed E-state index contributed by atoms with van der Waals surface area (Å²) in [7, 11) is 0. The van der Waals surface area contributed by atoms with Crippen LogP contribution in [-0.4, -0.2) is 57.1 Å². The number of fused-ring (bicyclic) bond motifs is 5. The lowest BCUT2D eigenvalue weighted by atomic mass is 9.45. The molecule has 4 aliphatic rings. The van der Waals surface area contributed by atoms with Gasteiger partial charge in [-0.25, -0.2) is 20.4 Å². The van der Waals surface area contributed by atoms with Gasteiger partial charge in [0.15, 0.2) is 0 Å². The zero-order chi connectivity index (χ0) is 25.8. The van der Waals surface area contributed by atoms with E-state index < -0.39 is 35.8 Å². The Morgan fingerprint density at radius 1 is 1.20 bits per heavy atom. The lowest BCUT2D eigenvalue weighted by Gasteiger charge is -2.61. The summed E-state index contributed by atoms with van der Waals surface area (Å²) in [5.41, 5.74) is 14.4. The zero-order valence-corrected chi connectivity index (χ0v) is 20.6. The minimum atomic E-state index is -1.50. The maximum atomic E-state index is 12.1. The SMILES string of the molecule is C[C@@H]1C[C@H]2[C@@H]3CCC4=CC(=NNC(N)=O)CC[C@]4(C)[C@H]3[C@@H](O)C[C@]2(C)[C@@]1(O)C(CO)=NNC(N)=O. The fraction of sp³-hybridized carbons (Fsp3) is 0.750. The monoisotopic (exact) mass is 490 g/mol. The molecule has 4 aliphatic carbocycles. The van der Waals surface area contributed by atoms with Crippen LogP contribution >= 0.6 is 0 Å². The summed E-state index contributed by atoms with van der Waals surface area (Å²) in [6.07, 6.45) is 5.60. The molecule has 8 atom stereocenters. The molecule has 3 fully saturated rings. The number of nitrogens with two attached hydrogens (primary N) is 2. The molecule has 11 nitrogen and oxygen atoms in total. The first-order chi connectivity index (χ1) is 16.4. The van der Waals surface area contributed by atoms with E-state index in [1.54, 1.807) is 0 Å². The number of urea groups is 2. The molecule has 0 saturated heterocycles. The van der Waals surface area contributed by atoms with Gasteiger partial charge in [0.1, 0.15) is 5.60 Å². The van der Waals surface area contributed by atoms with Gasteiger partial charge < -0.3 is 26.8 Å². The molecule has 194 valence electrons. The number of hydrazone groups is 2. The third-order valence-electron chi connectivity index (χ3n) is 9.69. The molecule has 3 saturated carbocycles. The van der Waals surface area contributed by atoms with Crippen molar-refractivity contribution in [2.45, 2.75) is 71.0 Å². The number of aliphatic hydroxyl groups excluding tert-OH is 2. The van der Waals surface area contributed by atoms with Crippen molar-refractivity contribution >= 4 is 23.5 Å². The van der Waals surface area contributed by atoms with E-state index in [9.17, 15) is 24.9 Å². The Bertz CT molecular complexity index is 997. The first-order valence-corrected chi connectivity index (χ1v) is 12.3. The molecule has 0 heterocycles. The number of aliphatic hydroxyl groups is 3. The molecular formula is C24H38N6O5. The van der Waals surface area contributed by atoms with E-state index in [1.165, 1.54) is 5.57 Å². The molecule has 4 rings (SSSR count). The molecule has 0 aliphatic heterocycles. The van der Waals surface area contributed by atoms with Gasteiger partial charge in [0.25, 0.3) is 0 Å². The van der Waals surface area contributed by atoms with Crippen molar-refractivity contribution in [1.29, 1.82) is 0 Å². The number of hydrogen-bond acceptors (Lipinski definition) is 7. The number of carbonyl (C=O) groups excluding carboxylic acids is 2. The van der Waals surface area contributed by atoms with Crippen molar-refractivity contribution in [3.05, 3.63) is 11.6 Å². The van der Waals surface area contributed by atoms with Crippen molar-refractivity contribution in [2.75, 3.05) is 6.61 Å². The molecule has 9 N–H and O–H groups in total. The highest BCUT2D eigenvalue weighted by Gasteiger charge is 2.69. The summed E-state index contributed by atoms with van der Waals surface area (Å²) in [5, 5.41) is 41.9. The standard InChI is InChI=1S/C24H38N6O5/c1-12-8-16-15-5-4-13-9-14(27-29-20(25)33)6-7-22(13,2)19(15)17(32)10-23(16,3)24(12,35)18(11-31)28-30-21(26)34/h9,12,15-17,19,31-32,35H,4-8,10-11H2,1-3H3,(H3,25,29,33)(H3,26,30,34)/t12-,15+,16+,17+,19-,22+,23+,24+/m1/s1. The highest BCUT2D eigenvalue weighted by molar-refractivity contribution is 5.97. The van der Waals surface area contributed by atoms with Crippen LogP contribution in [0.2, 0.25) is 0 Å². The fourth-order valence-electron chi connectivity index (χ4n) is 8.23. The molecule has 0 unspecified atom stereocenters. The van der Waals surface area contributed by atoms with Gasteiger partial charge in [0.05, 0.1) is 24.1 Å². The van der Waals surface area contributed by atoms with E-state index in [0.717, 1.165) is 31.4 Å². The van der Waals surface area contributed by atoms with Crippen LogP contribution in [-0.2, 0) is 0 Å². The van der Waals surface area contributed by atoms with Crippen molar-refractivity contribution in [3.63, 3.8) is 0 Å². The summed E-state index contributed by atoms with van der Waals surface area (Å²) in [6, 6.07) is -1.57. The second kappa shape index (κ2) is 8.86. The minimum Gasteiger partial charge on any atom is -0.393 e. The van der Waals surface area contributed by atoms with E-state index in [2.05, 4.69) is 28.0 Å². The molecule has 0 spiro atoms. The van der Waals surface area contributed by atoms with Gasteiger partial charge in [-0.1, -0.05) is 26.3 Å². The van der Waals surface area contributed by atoms with Crippen LogP contribution in [0.25, 0.3) is 0 Å². The average Bonchev–Trinajstić information content (AvgIpc) is 2.98. The molecule has 0 aromatic rings. The van der Waals surface area contributed by atoms with Crippen LogP contribution in [0.15, 0.2) is 21.9 Å². The highest BCUT2D eigenvalue weighted by Crippen LogP contribution is 2.68. The molecule has 0 radical (unpaired) electrons. The highest BCUT2D eigenvalue weighted by atomic mass is 16.3. The Morgan fingerprint density at radius 3 is 2.51 bits per heavy atom. The van der Waals surface area contributed by atoms with Crippen LogP contribution in [0.5, 0.6) is 0 Å². The maximum Gasteiger partial charge on any atom is 0.332 e. The van der Waals surface area contributed by atoms with Gasteiger partial charge in [-0.05, 0) is 73.7 Å². The maximum absolute atomic E-state index is 12.1. The number of amides is 4. The lowest BCUT2D eigenvalue weighted by Crippen LogP contribution is -2.63. The van der Waals surface area contributed by atoms with E-state index in [1.807, 2.05) is 19.9 Å². The Balaban J connectivity index is 1.69. The number of allylic oxidation sites excluding steroid dienone is 2. The summed E-state index contributed by atoms with van der Waals surface area (Å²) in [5.74, 6) is 0.0534. The second-order valence-corrected chi connectivity index (χ2v) is 11.3. The van der Waals surface area contributed by atoms with Crippen LogP contribution < -0.4 is 22.3 Å². The quantitative estimate of drug-likeness (QED) is 0.227. The third kappa shape index (κ3) is 3.84. The van der Waals surface area contributed by atoms with Gasteiger partial charge in [-0.3, -0.25) is 0 Å². The predicted molar refractivity (Wildman–Crippen MR) is 130 cm³/mol. The second-order valence-electron chi connectivity index (χ2n) is 11.3. The number of nitrogens with zero attached hydrogens (tertiary/aromatic N) is 2. The fourth-order valence-corrected chi connectivity index (χ4v) is 8.23. The zero-order valence-electron chi connectivity index (χ0n) is 20.6. The van der Waals surface area contributed by atoms with Crippen LogP contribution in [0, 0.1) is 34.5 Å². The smallest absolute Gasteiger partial charge is 0.332 e. The van der Waals surface area contributed by atoms with Crippen molar-refractivity contribution < 1.29 is 24.9 Å². The molecule has 11 heteroatoms. The number of carbonyl (C=O) groups is 2. The number of rotatable bonds is 4. The predicted octanol–water partition coefficient (Wildman–Crippen LogP) is 0.938. The third-order valence-corrected chi connectivity index (χ3v) is 9.69. The summed E-state index contributed by atoms with van der Waals surface area (Å²) < 4.78 is 0. The topological polar surface area (TPSA) is 196 Å². The molecule has 0 aromatic carbocycles. The van der Waals surface area contributed by atoms with Crippen molar-refractivity contribution in [3.8, 4) is 0 Å². The van der Waals surface area contributed by atoms with E-state index in [0.29, 0.717) is 12.8 Å². The summed E-state index contributed by atoms with van der Waals surface area (Å²) in [6.45, 7) is 5.59.